The number of carbonyl (C=O) groups is 2. The van der Waals surface area contributed by atoms with Crippen molar-refractivity contribution < 1.29 is 14.3 Å². The molecule has 0 spiro atoms. The fraction of sp³-hybridized carbons (Fsp3) is 0.261. The van der Waals surface area contributed by atoms with E-state index in [0.29, 0.717) is 28.1 Å². The summed E-state index contributed by atoms with van der Waals surface area (Å²) >= 11 is 6.65. The largest absolute Gasteiger partial charge is 0.496 e. The van der Waals surface area contributed by atoms with E-state index in [1.807, 2.05) is 61.5 Å². The van der Waals surface area contributed by atoms with Gasteiger partial charge in [-0.25, -0.2) is 0 Å². The molecular formula is C23H24N2O3S2. The third-order valence-electron chi connectivity index (χ3n) is 4.80. The summed E-state index contributed by atoms with van der Waals surface area (Å²) in [5.41, 5.74) is 1.90. The number of ether oxygens (including phenoxy) is 1. The van der Waals surface area contributed by atoms with Crippen LogP contribution in [-0.2, 0) is 16.1 Å². The fourth-order valence-electron chi connectivity index (χ4n) is 3.17. The van der Waals surface area contributed by atoms with E-state index in [4.69, 9.17) is 17.0 Å². The summed E-state index contributed by atoms with van der Waals surface area (Å²) in [4.78, 5) is 29.4. The molecule has 0 atom stereocenters. The first-order valence-electron chi connectivity index (χ1n) is 9.73. The van der Waals surface area contributed by atoms with Crippen LogP contribution in [0.5, 0.6) is 5.75 Å². The lowest BCUT2D eigenvalue weighted by Crippen LogP contribution is -2.35. The van der Waals surface area contributed by atoms with Crippen LogP contribution in [0.2, 0.25) is 0 Å². The summed E-state index contributed by atoms with van der Waals surface area (Å²) in [7, 11) is 1.60. The van der Waals surface area contributed by atoms with Crippen LogP contribution < -0.4 is 4.74 Å². The van der Waals surface area contributed by atoms with Crippen LogP contribution in [0.3, 0.4) is 0 Å². The van der Waals surface area contributed by atoms with Crippen molar-refractivity contribution in [3.8, 4) is 5.75 Å². The molecule has 1 aliphatic rings. The van der Waals surface area contributed by atoms with Crippen LogP contribution in [0.15, 0.2) is 59.5 Å². The Morgan fingerprint density at radius 2 is 1.87 bits per heavy atom. The standard InChI is InChI=1S/C23H24N2O3S2/c1-3-24(16-17-9-5-4-6-10-17)21(26)13-14-25-22(27)20(30-23(25)29)15-18-11-7-8-12-19(18)28-2/h4-12,15H,3,13-14,16H2,1-2H3. The van der Waals surface area contributed by atoms with E-state index in [0.717, 1.165) is 11.1 Å². The van der Waals surface area contributed by atoms with E-state index in [1.165, 1.54) is 16.7 Å². The van der Waals surface area contributed by atoms with Crippen LogP contribution >= 0.6 is 24.0 Å². The van der Waals surface area contributed by atoms with Crippen molar-refractivity contribution >= 4 is 46.2 Å². The quantitative estimate of drug-likeness (QED) is 0.452. The van der Waals surface area contributed by atoms with Crippen molar-refractivity contribution in [2.24, 2.45) is 0 Å². The van der Waals surface area contributed by atoms with Crippen molar-refractivity contribution in [2.75, 3.05) is 20.2 Å². The van der Waals surface area contributed by atoms with E-state index in [-0.39, 0.29) is 24.8 Å². The third-order valence-corrected chi connectivity index (χ3v) is 6.18. The van der Waals surface area contributed by atoms with Crippen LogP contribution in [0, 0.1) is 0 Å². The van der Waals surface area contributed by atoms with E-state index >= 15 is 0 Å². The molecule has 2 aromatic rings. The van der Waals surface area contributed by atoms with E-state index in [2.05, 4.69) is 0 Å². The Labute approximate surface area is 186 Å². The number of nitrogens with zero attached hydrogens (tertiary/aromatic N) is 2. The molecule has 0 saturated carbocycles. The molecule has 1 heterocycles. The Balaban J connectivity index is 1.64. The number of rotatable bonds is 8. The maximum atomic E-state index is 12.8. The number of benzene rings is 2. The summed E-state index contributed by atoms with van der Waals surface area (Å²) in [6.07, 6.45) is 2.02. The molecule has 156 valence electrons. The number of carbonyl (C=O) groups excluding carboxylic acids is 2. The number of hydrogen-bond acceptors (Lipinski definition) is 5. The predicted octanol–water partition coefficient (Wildman–Crippen LogP) is 4.34. The van der Waals surface area contributed by atoms with Gasteiger partial charge in [-0.15, -0.1) is 0 Å². The number of methoxy groups -OCH3 is 1. The molecule has 1 aliphatic heterocycles. The second kappa shape index (κ2) is 10.4. The molecule has 1 fully saturated rings. The zero-order valence-electron chi connectivity index (χ0n) is 17.0. The van der Waals surface area contributed by atoms with Crippen molar-refractivity contribution in [1.29, 1.82) is 0 Å². The van der Waals surface area contributed by atoms with Gasteiger partial charge in [0, 0.05) is 31.6 Å². The van der Waals surface area contributed by atoms with Gasteiger partial charge < -0.3 is 9.64 Å². The van der Waals surface area contributed by atoms with E-state index in [1.54, 1.807) is 18.1 Å². The summed E-state index contributed by atoms with van der Waals surface area (Å²) in [6.45, 7) is 3.40. The lowest BCUT2D eigenvalue weighted by atomic mass is 10.2. The van der Waals surface area contributed by atoms with Gasteiger partial charge in [0.1, 0.15) is 10.1 Å². The Hall–Kier alpha value is -2.64. The van der Waals surface area contributed by atoms with Crippen molar-refractivity contribution in [3.05, 3.63) is 70.6 Å². The molecule has 2 aromatic carbocycles. The molecule has 1 saturated heterocycles. The van der Waals surface area contributed by atoms with Gasteiger partial charge >= 0.3 is 0 Å². The first-order valence-corrected chi connectivity index (χ1v) is 11.0. The molecule has 3 rings (SSSR count). The minimum absolute atomic E-state index is 0.00381. The van der Waals surface area contributed by atoms with Crippen molar-refractivity contribution in [2.45, 2.75) is 19.9 Å². The Bertz CT molecular complexity index is 960. The Morgan fingerprint density at radius 3 is 2.57 bits per heavy atom. The molecule has 0 bridgehead atoms. The Morgan fingerprint density at radius 1 is 1.17 bits per heavy atom. The molecule has 30 heavy (non-hydrogen) atoms. The molecule has 5 nitrogen and oxygen atoms in total. The van der Waals surface area contributed by atoms with Gasteiger partial charge in [0.2, 0.25) is 5.91 Å². The maximum Gasteiger partial charge on any atom is 0.266 e. The normalized spacial score (nSPS) is 15.0. The monoisotopic (exact) mass is 440 g/mol. The summed E-state index contributed by atoms with van der Waals surface area (Å²) in [5.74, 6) is 0.524. The highest BCUT2D eigenvalue weighted by molar-refractivity contribution is 8.26. The van der Waals surface area contributed by atoms with Crippen LogP contribution in [-0.4, -0.2) is 46.1 Å². The summed E-state index contributed by atoms with van der Waals surface area (Å²) in [6, 6.07) is 17.4. The zero-order chi connectivity index (χ0) is 21.5. The van der Waals surface area contributed by atoms with E-state index < -0.39 is 0 Å². The van der Waals surface area contributed by atoms with Gasteiger partial charge in [-0.3, -0.25) is 14.5 Å². The number of amides is 2. The lowest BCUT2D eigenvalue weighted by molar-refractivity contribution is -0.132. The van der Waals surface area contributed by atoms with Gasteiger partial charge in [-0.1, -0.05) is 72.5 Å². The third kappa shape index (κ3) is 5.29. The molecule has 0 unspecified atom stereocenters. The highest BCUT2D eigenvalue weighted by Gasteiger charge is 2.32. The van der Waals surface area contributed by atoms with Crippen LogP contribution in [0.25, 0.3) is 6.08 Å². The topological polar surface area (TPSA) is 49.9 Å². The number of para-hydroxylation sites is 1. The molecule has 0 radical (unpaired) electrons. The molecule has 7 heteroatoms. The minimum atomic E-state index is -0.171. The van der Waals surface area contributed by atoms with Gasteiger partial charge in [-0.2, -0.15) is 0 Å². The van der Waals surface area contributed by atoms with Gasteiger partial charge in [0.15, 0.2) is 0 Å². The first kappa shape index (κ1) is 22.1. The average molecular weight is 441 g/mol. The molecule has 2 amide bonds. The number of thioether (sulfide) groups is 1. The highest BCUT2D eigenvalue weighted by Crippen LogP contribution is 2.34. The SMILES string of the molecule is CCN(Cc1ccccc1)C(=O)CCN1C(=O)C(=Cc2ccccc2OC)SC1=S. The van der Waals surface area contributed by atoms with Crippen LogP contribution in [0.1, 0.15) is 24.5 Å². The van der Waals surface area contributed by atoms with Gasteiger partial charge in [-0.05, 0) is 24.6 Å². The smallest absolute Gasteiger partial charge is 0.266 e. The first-order chi connectivity index (χ1) is 14.5. The Kier molecular flexibility index (Phi) is 7.65. The van der Waals surface area contributed by atoms with Crippen molar-refractivity contribution in [1.82, 2.24) is 9.80 Å². The maximum absolute atomic E-state index is 12.8. The lowest BCUT2D eigenvalue weighted by Gasteiger charge is -2.22. The summed E-state index contributed by atoms with van der Waals surface area (Å²) in [5, 5.41) is 0. The van der Waals surface area contributed by atoms with Gasteiger partial charge in [0.25, 0.3) is 5.91 Å². The second-order valence-corrected chi connectivity index (χ2v) is 8.39. The number of thiocarbonyl (C=S) groups is 1. The molecule has 0 N–H and O–H groups in total. The zero-order valence-corrected chi connectivity index (χ0v) is 18.7. The fourth-order valence-corrected chi connectivity index (χ4v) is 4.46. The predicted molar refractivity (Wildman–Crippen MR) is 125 cm³/mol. The highest BCUT2D eigenvalue weighted by atomic mass is 32.2. The van der Waals surface area contributed by atoms with E-state index in [9.17, 15) is 9.59 Å². The average Bonchev–Trinajstić information content (AvgIpc) is 3.03. The van der Waals surface area contributed by atoms with Crippen molar-refractivity contribution in [3.63, 3.8) is 0 Å². The summed E-state index contributed by atoms with van der Waals surface area (Å²) < 4.78 is 5.82. The van der Waals surface area contributed by atoms with Gasteiger partial charge in [0.05, 0.1) is 12.0 Å². The second-order valence-electron chi connectivity index (χ2n) is 6.72. The minimum Gasteiger partial charge on any atom is -0.496 e. The molecule has 0 aliphatic carbocycles. The molecular weight excluding hydrogens is 416 g/mol. The molecule has 0 aromatic heterocycles. The number of hydrogen-bond donors (Lipinski definition) is 0. The van der Waals surface area contributed by atoms with Crippen LogP contribution in [0.4, 0.5) is 0 Å².